The molecule has 2 N–H and O–H groups in total. The molecule has 140 valence electrons. The van der Waals surface area contributed by atoms with Crippen molar-refractivity contribution in [3.05, 3.63) is 29.1 Å². The van der Waals surface area contributed by atoms with Crippen molar-refractivity contribution in [3.8, 4) is 0 Å². The lowest BCUT2D eigenvalue weighted by Gasteiger charge is -2.31. The summed E-state index contributed by atoms with van der Waals surface area (Å²) < 4.78 is 14.3. The second-order valence-corrected chi connectivity index (χ2v) is 7.44. The molecule has 27 heavy (non-hydrogen) atoms. The van der Waals surface area contributed by atoms with E-state index in [0.29, 0.717) is 12.2 Å². The molecule has 1 aromatic carbocycles. The molecular weight excluding hydrogens is 355 g/mol. The van der Waals surface area contributed by atoms with E-state index in [2.05, 4.69) is 10.6 Å². The van der Waals surface area contributed by atoms with Crippen molar-refractivity contribution in [2.24, 2.45) is 0 Å². The number of amides is 4. The van der Waals surface area contributed by atoms with Gasteiger partial charge < -0.3 is 10.2 Å². The lowest BCUT2D eigenvalue weighted by Crippen LogP contribution is -2.54. The van der Waals surface area contributed by atoms with Crippen LogP contribution in [0.4, 0.5) is 10.1 Å². The number of hydrogen-bond acceptors (Lipinski definition) is 6. The third-order valence-corrected chi connectivity index (χ3v) is 5.85. The van der Waals surface area contributed by atoms with E-state index in [1.54, 1.807) is 0 Å². The molecule has 0 spiro atoms. The Morgan fingerprint density at radius 2 is 1.93 bits per heavy atom. The maximum Gasteiger partial charge on any atom is 0.264 e. The standard InChI is InChI=1S/C18H17FN4O4/c19-8-3-11-15(13(4-8)22-7-9-5-10(22)6-20-9)18(27)23(17(11)26)12-1-2-14(24)21-16(12)25/h3-4,9-10,12,20H,1-2,5-7H2,(H,21,24,25). The van der Waals surface area contributed by atoms with Gasteiger partial charge in [-0.05, 0) is 25.0 Å². The molecule has 3 atom stereocenters. The molecule has 8 nitrogen and oxygen atoms in total. The molecule has 0 aliphatic carbocycles. The number of anilines is 1. The normalized spacial score (nSPS) is 29.6. The van der Waals surface area contributed by atoms with Crippen molar-refractivity contribution in [2.45, 2.75) is 37.4 Å². The molecule has 3 unspecified atom stereocenters. The van der Waals surface area contributed by atoms with Crippen LogP contribution in [0.5, 0.6) is 0 Å². The molecule has 2 bridgehead atoms. The topological polar surface area (TPSA) is 98.8 Å². The van der Waals surface area contributed by atoms with Gasteiger partial charge in [0.05, 0.1) is 16.8 Å². The minimum absolute atomic E-state index is 0.0181. The van der Waals surface area contributed by atoms with Crippen LogP contribution in [0, 0.1) is 5.82 Å². The van der Waals surface area contributed by atoms with E-state index < -0.39 is 35.5 Å². The van der Waals surface area contributed by atoms with Gasteiger partial charge in [-0.25, -0.2) is 4.39 Å². The fraction of sp³-hybridized carbons (Fsp3) is 0.444. The van der Waals surface area contributed by atoms with Crippen molar-refractivity contribution in [1.29, 1.82) is 0 Å². The van der Waals surface area contributed by atoms with Crippen LogP contribution in [0.2, 0.25) is 0 Å². The van der Waals surface area contributed by atoms with Crippen LogP contribution in [0.3, 0.4) is 0 Å². The first-order valence-corrected chi connectivity index (χ1v) is 8.99. The van der Waals surface area contributed by atoms with Crippen molar-refractivity contribution >= 4 is 29.3 Å². The lowest BCUT2D eigenvalue weighted by molar-refractivity contribution is -0.136. The van der Waals surface area contributed by atoms with E-state index in [9.17, 15) is 23.6 Å². The zero-order valence-corrected chi connectivity index (χ0v) is 14.3. The predicted octanol–water partition coefficient (Wildman–Crippen LogP) is -0.223. The fourth-order valence-corrected chi connectivity index (χ4v) is 4.62. The highest BCUT2D eigenvalue weighted by molar-refractivity contribution is 6.25. The van der Waals surface area contributed by atoms with E-state index in [0.717, 1.165) is 23.9 Å². The number of carbonyl (C=O) groups excluding carboxylic acids is 4. The van der Waals surface area contributed by atoms with Gasteiger partial charge in [-0.1, -0.05) is 0 Å². The van der Waals surface area contributed by atoms with Gasteiger partial charge in [0.15, 0.2) is 0 Å². The van der Waals surface area contributed by atoms with Crippen LogP contribution in [-0.2, 0) is 9.59 Å². The molecule has 0 aromatic heterocycles. The van der Waals surface area contributed by atoms with Crippen molar-refractivity contribution < 1.29 is 23.6 Å². The van der Waals surface area contributed by atoms with Crippen molar-refractivity contribution in [3.63, 3.8) is 0 Å². The van der Waals surface area contributed by atoms with Crippen LogP contribution in [0.1, 0.15) is 40.0 Å². The molecule has 4 aliphatic heterocycles. The summed E-state index contributed by atoms with van der Waals surface area (Å²) in [5.41, 5.74) is 0.543. The van der Waals surface area contributed by atoms with Gasteiger partial charge in [-0.2, -0.15) is 0 Å². The first-order chi connectivity index (χ1) is 12.9. The van der Waals surface area contributed by atoms with Crippen LogP contribution < -0.4 is 15.5 Å². The van der Waals surface area contributed by atoms with Crippen molar-refractivity contribution in [2.75, 3.05) is 18.0 Å². The number of fused-ring (bicyclic) bond motifs is 3. The molecular formula is C18H17FN4O4. The number of carbonyl (C=O) groups is 4. The number of imide groups is 2. The molecule has 4 aliphatic rings. The van der Waals surface area contributed by atoms with Crippen molar-refractivity contribution in [1.82, 2.24) is 15.5 Å². The number of piperidine rings is 1. The predicted molar refractivity (Wildman–Crippen MR) is 90.6 cm³/mol. The van der Waals surface area contributed by atoms with Gasteiger partial charge in [0.1, 0.15) is 11.9 Å². The van der Waals surface area contributed by atoms with E-state index in [4.69, 9.17) is 0 Å². The smallest absolute Gasteiger partial charge is 0.264 e. The summed E-state index contributed by atoms with van der Waals surface area (Å²) in [5.74, 6) is -2.99. The number of piperazine rings is 1. The van der Waals surface area contributed by atoms with Crippen LogP contribution in [-0.4, -0.2) is 59.7 Å². The van der Waals surface area contributed by atoms with E-state index in [1.165, 1.54) is 6.07 Å². The Balaban J connectivity index is 1.56. The van der Waals surface area contributed by atoms with E-state index in [1.807, 2.05) is 4.90 Å². The van der Waals surface area contributed by atoms with E-state index >= 15 is 0 Å². The quantitative estimate of drug-likeness (QED) is 0.697. The Kier molecular flexibility index (Phi) is 3.39. The number of hydrogen-bond donors (Lipinski definition) is 2. The minimum atomic E-state index is -1.05. The highest BCUT2D eigenvalue weighted by Gasteiger charge is 2.48. The van der Waals surface area contributed by atoms with Gasteiger partial charge in [0, 0.05) is 31.6 Å². The number of nitrogens with zero attached hydrogens (tertiary/aromatic N) is 2. The summed E-state index contributed by atoms with van der Waals surface area (Å²) in [6, 6.07) is 1.72. The summed E-state index contributed by atoms with van der Waals surface area (Å²) in [6.45, 7) is 1.38. The highest BCUT2D eigenvalue weighted by Crippen LogP contribution is 2.38. The molecule has 0 radical (unpaired) electrons. The SMILES string of the molecule is O=C1CCC(N2C(=O)c3cc(F)cc(N4CC5CC4CN5)c3C2=O)C(=O)N1. The Labute approximate surface area is 153 Å². The molecule has 9 heteroatoms. The lowest BCUT2D eigenvalue weighted by atomic mass is 10.0. The zero-order valence-electron chi connectivity index (χ0n) is 14.3. The maximum absolute atomic E-state index is 14.3. The Morgan fingerprint density at radius 1 is 1.11 bits per heavy atom. The zero-order chi connectivity index (χ0) is 18.9. The molecule has 0 saturated carbocycles. The Hall–Kier alpha value is -2.81. The summed E-state index contributed by atoms with van der Waals surface area (Å²) in [7, 11) is 0. The van der Waals surface area contributed by atoms with Gasteiger partial charge >= 0.3 is 0 Å². The maximum atomic E-state index is 14.3. The van der Waals surface area contributed by atoms with Gasteiger partial charge in [0.2, 0.25) is 11.8 Å². The van der Waals surface area contributed by atoms with Gasteiger partial charge in [-0.15, -0.1) is 0 Å². The second-order valence-electron chi connectivity index (χ2n) is 7.44. The first-order valence-electron chi connectivity index (χ1n) is 8.99. The summed E-state index contributed by atoms with van der Waals surface area (Å²) in [4.78, 5) is 52.4. The molecule has 5 rings (SSSR count). The van der Waals surface area contributed by atoms with Gasteiger partial charge in [-0.3, -0.25) is 29.4 Å². The molecule has 3 saturated heterocycles. The second kappa shape index (κ2) is 5.59. The molecule has 4 heterocycles. The third-order valence-electron chi connectivity index (χ3n) is 5.85. The molecule has 1 aromatic rings. The van der Waals surface area contributed by atoms with Gasteiger partial charge in [0.25, 0.3) is 11.8 Å². The monoisotopic (exact) mass is 372 g/mol. The largest absolute Gasteiger partial charge is 0.365 e. The summed E-state index contributed by atoms with van der Waals surface area (Å²) >= 11 is 0. The number of nitrogens with one attached hydrogen (secondary N) is 2. The van der Waals surface area contributed by atoms with Crippen LogP contribution in [0.15, 0.2) is 12.1 Å². The summed E-state index contributed by atoms with van der Waals surface area (Å²) in [6.07, 6.45) is 1.03. The molecule has 3 fully saturated rings. The first kappa shape index (κ1) is 16.4. The van der Waals surface area contributed by atoms with E-state index in [-0.39, 0.29) is 36.1 Å². The fourth-order valence-electron chi connectivity index (χ4n) is 4.62. The molecule has 4 amide bonds. The Morgan fingerprint density at radius 3 is 2.59 bits per heavy atom. The average molecular weight is 372 g/mol. The summed E-state index contributed by atoms with van der Waals surface area (Å²) in [5, 5.41) is 5.51. The Bertz CT molecular complexity index is 917. The average Bonchev–Trinajstić information content (AvgIpc) is 3.31. The van der Waals surface area contributed by atoms with Crippen LogP contribution >= 0.6 is 0 Å². The van der Waals surface area contributed by atoms with Crippen LogP contribution in [0.25, 0.3) is 0 Å². The highest BCUT2D eigenvalue weighted by atomic mass is 19.1. The number of halogens is 1. The number of rotatable bonds is 2. The third kappa shape index (κ3) is 2.31. The number of benzene rings is 1. The minimum Gasteiger partial charge on any atom is -0.365 e.